The molecular formula is C11H16N2O6S2. The van der Waals surface area contributed by atoms with Gasteiger partial charge < -0.3 is 4.74 Å². The van der Waals surface area contributed by atoms with E-state index in [2.05, 4.69) is 9.46 Å². The molecule has 10 heteroatoms. The third-order valence-corrected chi connectivity index (χ3v) is 4.81. The quantitative estimate of drug-likeness (QED) is 0.719. The van der Waals surface area contributed by atoms with E-state index in [0.29, 0.717) is 11.1 Å². The van der Waals surface area contributed by atoms with Gasteiger partial charge in [-0.15, -0.1) is 0 Å². The maximum Gasteiger partial charge on any atom is 0.322 e. The highest BCUT2D eigenvalue weighted by Gasteiger charge is 2.20. The fourth-order valence-corrected chi connectivity index (χ4v) is 3.18. The molecule has 0 saturated heterocycles. The Morgan fingerprint density at radius 2 is 1.81 bits per heavy atom. The first-order valence-electron chi connectivity index (χ1n) is 5.67. The molecule has 0 unspecified atom stereocenters. The third-order valence-electron chi connectivity index (χ3n) is 2.77. The van der Waals surface area contributed by atoms with Crippen molar-refractivity contribution in [2.24, 2.45) is 5.14 Å². The van der Waals surface area contributed by atoms with Gasteiger partial charge in [-0.25, -0.2) is 22.0 Å². The number of ether oxygens (including phenoxy) is 1. The molecule has 0 heterocycles. The van der Waals surface area contributed by atoms with Gasteiger partial charge in [-0.05, 0) is 37.1 Å². The molecule has 0 bridgehead atoms. The lowest BCUT2D eigenvalue weighted by atomic mass is 10.1. The van der Waals surface area contributed by atoms with Crippen molar-refractivity contribution in [1.82, 2.24) is 0 Å². The lowest BCUT2D eigenvalue weighted by Gasteiger charge is -2.13. The Hall–Kier alpha value is -1.65. The number of aryl methyl sites for hydroxylation is 1. The zero-order valence-electron chi connectivity index (χ0n) is 11.7. The summed E-state index contributed by atoms with van der Waals surface area (Å²) >= 11 is 0. The molecule has 0 aromatic heterocycles. The molecule has 0 saturated carbocycles. The van der Waals surface area contributed by atoms with Crippen LogP contribution in [0.5, 0.6) is 0 Å². The zero-order valence-corrected chi connectivity index (χ0v) is 13.3. The lowest BCUT2D eigenvalue weighted by Crippen LogP contribution is -2.24. The highest BCUT2D eigenvalue weighted by molar-refractivity contribution is 7.93. The number of hydrogen-bond acceptors (Lipinski definition) is 6. The number of esters is 1. The van der Waals surface area contributed by atoms with Crippen LogP contribution in [0.1, 0.15) is 11.1 Å². The molecule has 1 rings (SSSR count). The topological polar surface area (TPSA) is 133 Å². The monoisotopic (exact) mass is 336 g/mol. The fraction of sp³-hybridized carbons (Fsp3) is 0.364. The number of nitrogens with two attached hydrogens (primary N) is 1. The molecule has 0 spiro atoms. The summed E-state index contributed by atoms with van der Waals surface area (Å²) in [6, 6.07) is 2.44. The predicted molar refractivity (Wildman–Crippen MR) is 76.7 cm³/mol. The number of carbonyl (C=O) groups excluding carboxylic acids is 1. The SMILES string of the molecule is COC(=O)CS(=O)(=O)Nc1cc(S(N)(=O)=O)cc(C)c1C. The van der Waals surface area contributed by atoms with Crippen LogP contribution in [0.3, 0.4) is 0 Å². The molecule has 1 aromatic rings. The molecule has 0 aliphatic heterocycles. The van der Waals surface area contributed by atoms with Crippen molar-refractivity contribution in [2.45, 2.75) is 18.7 Å². The second-order valence-electron chi connectivity index (χ2n) is 4.40. The number of methoxy groups -OCH3 is 1. The van der Waals surface area contributed by atoms with Crippen LogP contribution in [0.25, 0.3) is 0 Å². The number of primary sulfonamides is 1. The molecule has 0 fully saturated rings. The van der Waals surface area contributed by atoms with Crippen molar-refractivity contribution in [3.8, 4) is 0 Å². The maximum atomic E-state index is 11.8. The van der Waals surface area contributed by atoms with Crippen molar-refractivity contribution in [1.29, 1.82) is 0 Å². The van der Waals surface area contributed by atoms with Crippen molar-refractivity contribution in [2.75, 3.05) is 17.6 Å². The molecule has 1 aromatic carbocycles. The number of nitrogens with one attached hydrogen (secondary N) is 1. The van der Waals surface area contributed by atoms with Gasteiger partial charge in [0.15, 0.2) is 5.75 Å². The second kappa shape index (κ2) is 6.00. The average molecular weight is 336 g/mol. The second-order valence-corrected chi connectivity index (χ2v) is 7.68. The van der Waals surface area contributed by atoms with Crippen LogP contribution in [-0.2, 0) is 29.6 Å². The summed E-state index contributed by atoms with van der Waals surface area (Å²) in [6.07, 6.45) is 0. The van der Waals surface area contributed by atoms with Gasteiger partial charge in [-0.3, -0.25) is 9.52 Å². The first-order chi connectivity index (χ1) is 9.46. The predicted octanol–water partition coefficient (Wildman–Crippen LogP) is -0.134. The first kappa shape index (κ1) is 17.4. The Kier molecular flexibility index (Phi) is 4.97. The summed E-state index contributed by atoms with van der Waals surface area (Å²) in [6.45, 7) is 3.22. The minimum atomic E-state index is -4.01. The van der Waals surface area contributed by atoms with Crippen LogP contribution in [0, 0.1) is 13.8 Å². The molecule has 0 atom stereocenters. The van der Waals surface area contributed by atoms with E-state index in [9.17, 15) is 21.6 Å². The molecular weight excluding hydrogens is 320 g/mol. The van der Waals surface area contributed by atoms with E-state index in [0.717, 1.165) is 13.2 Å². The van der Waals surface area contributed by atoms with Gasteiger partial charge in [0.05, 0.1) is 17.7 Å². The summed E-state index contributed by atoms with van der Waals surface area (Å²) in [7, 11) is -6.92. The summed E-state index contributed by atoms with van der Waals surface area (Å²) in [4.78, 5) is 10.8. The van der Waals surface area contributed by atoms with E-state index in [4.69, 9.17) is 5.14 Å². The Morgan fingerprint density at radius 3 is 2.29 bits per heavy atom. The summed E-state index contributed by atoms with van der Waals surface area (Å²) < 4.78 is 52.8. The van der Waals surface area contributed by atoms with E-state index in [1.54, 1.807) is 13.8 Å². The zero-order chi connectivity index (χ0) is 16.4. The fourth-order valence-electron chi connectivity index (χ4n) is 1.51. The Morgan fingerprint density at radius 1 is 1.24 bits per heavy atom. The van der Waals surface area contributed by atoms with Crippen molar-refractivity contribution < 1.29 is 26.4 Å². The van der Waals surface area contributed by atoms with Gasteiger partial charge in [0.2, 0.25) is 20.0 Å². The van der Waals surface area contributed by atoms with Crippen LogP contribution >= 0.6 is 0 Å². The summed E-state index contributed by atoms with van der Waals surface area (Å²) in [5.74, 6) is -1.80. The maximum absolute atomic E-state index is 11.8. The normalized spacial score (nSPS) is 12.0. The smallest absolute Gasteiger partial charge is 0.322 e. The van der Waals surface area contributed by atoms with E-state index >= 15 is 0 Å². The van der Waals surface area contributed by atoms with Crippen LogP contribution in [-0.4, -0.2) is 35.7 Å². The van der Waals surface area contributed by atoms with E-state index in [1.165, 1.54) is 6.07 Å². The molecule has 8 nitrogen and oxygen atoms in total. The number of hydrogen-bond donors (Lipinski definition) is 2. The Balaban J connectivity index is 3.26. The average Bonchev–Trinajstić information content (AvgIpc) is 2.32. The van der Waals surface area contributed by atoms with Crippen LogP contribution in [0.4, 0.5) is 5.69 Å². The van der Waals surface area contributed by atoms with Crippen molar-refractivity contribution in [3.63, 3.8) is 0 Å². The van der Waals surface area contributed by atoms with Crippen molar-refractivity contribution in [3.05, 3.63) is 23.3 Å². The van der Waals surface area contributed by atoms with E-state index < -0.39 is 31.8 Å². The molecule has 21 heavy (non-hydrogen) atoms. The van der Waals surface area contributed by atoms with Crippen LogP contribution < -0.4 is 9.86 Å². The summed E-state index contributed by atoms with van der Waals surface area (Å²) in [5, 5.41) is 5.03. The Bertz CT molecular complexity index is 768. The van der Waals surface area contributed by atoms with Crippen LogP contribution in [0.2, 0.25) is 0 Å². The number of carbonyl (C=O) groups is 1. The lowest BCUT2D eigenvalue weighted by molar-refractivity contribution is -0.137. The van der Waals surface area contributed by atoms with Gasteiger partial charge in [0.1, 0.15) is 0 Å². The number of anilines is 1. The van der Waals surface area contributed by atoms with Crippen molar-refractivity contribution >= 4 is 31.7 Å². The standard InChI is InChI=1S/C11H16N2O6S2/c1-7-4-9(21(12,17)18)5-10(8(7)2)13-20(15,16)6-11(14)19-3/h4-5,13H,6H2,1-3H3,(H2,12,17,18). The minimum Gasteiger partial charge on any atom is -0.468 e. The van der Waals surface area contributed by atoms with E-state index in [-0.39, 0.29) is 10.6 Å². The minimum absolute atomic E-state index is 0.0444. The van der Waals surface area contributed by atoms with Gasteiger partial charge in [0.25, 0.3) is 0 Å². The number of sulfonamides is 2. The third kappa shape index (κ3) is 4.69. The number of benzene rings is 1. The van der Waals surface area contributed by atoms with Gasteiger partial charge >= 0.3 is 5.97 Å². The van der Waals surface area contributed by atoms with Gasteiger partial charge in [0, 0.05) is 0 Å². The molecule has 0 amide bonds. The molecule has 0 aliphatic rings. The highest BCUT2D eigenvalue weighted by Crippen LogP contribution is 2.24. The highest BCUT2D eigenvalue weighted by atomic mass is 32.2. The van der Waals surface area contributed by atoms with E-state index in [1.807, 2.05) is 0 Å². The molecule has 0 radical (unpaired) electrons. The summed E-state index contributed by atoms with van der Waals surface area (Å²) in [5.41, 5.74) is 1.11. The molecule has 0 aliphatic carbocycles. The number of rotatable bonds is 5. The first-order valence-corrected chi connectivity index (χ1v) is 8.87. The molecule has 118 valence electrons. The molecule has 3 N–H and O–H groups in total. The van der Waals surface area contributed by atoms with Crippen LogP contribution in [0.15, 0.2) is 17.0 Å². The Labute approximate surface area is 123 Å². The largest absolute Gasteiger partial charge is 0.468 e. The van der Waals surface area contributed by atoms with Gasteiger partial charge in [-0.2, -0.15) is 0 Å². The van der Waals surface area contributed by atoms with Gasteiger partial charge in [-0.1, -0.05) is 0 Å².